The Morgan fingerprint density at radius 1 is 1.21 bits per heavy atom. The number of amides is 2. The Kier molecular flexibility index (Phi) is 4.85. The predicted octanol–water partition coefficient (Wildman–Crippen LogP) is 1.66. The van der Waals surface area contributed by atoms with Crippen LogP contribution in [0.25, 0.3) is 0 Å². The van der Waals surface area contributed by atoms with Crippen LogP contribution in [0.3, 0.4) is 0 Å². The van der Waals surface area contributed by atoms with Gasteiger partial charge in [-0.3, -0.25) is 9.59 Å². The van der Waals surface area contributed by atoms with E-state index in [-0.39, 0.29) is 29.7 Å². The number of nitrogens with zero attached hydrogens (tertiary/aromatic N) is 2. The Bertz CT molecular complexity index is 619. The van der Waals surface area contributed by atoms with Gasteiger partial charge in [0.2, 0.25) is 5.91 Å². The summed E-state index contributed by atoms with van der Waals surface area (Å²) in [6, 6.07) is 5.63. The van der Waals surface area contributed by atoms with Crippen molar-refractivity contribution in [3.8, 4) is 0 Å². The van der Waals surface area contributed by atoms with Gasteiger partial charge in [-0.15, -0.1) is 0 Å². The van der Waals surface area contributed by atoms with Gasteiger partial charge in [-0.05, 0) is 43.5 Å². The average Bonchev–Trinajstić information content (AvgIpc) is 2.59. The number of carbonyl (C=O) groups excluding carboxylic acids is 2. The normalized spacial score (nSPS) is 24.5. The van der Waals surface area contributed by atoms with Crippen LogP contribution >= 0.6 is 0 Å². The fourth-order valence-corrected chi connectivity index (χ4v) is 3.92. The highest BCUT2D eigenvalue weighted by Crippen LogP contribution is 2.39. The minimum atomic E-state index is -0.355. The average molecular weight is 334 g/mol. The number of likely N-dealkylation sites (tertiary alicyclic amines) is 2. The summed E-state index contributed by atoms with van der Waals surface area (Å²) in [6.45, 7) is 2.20. The van der Waals surface area contributed by atoms with E-state index in [1.54, 1.807) is 4.90 Å². The molecule has 2 amide bonds. The van der Waals surface area contributed by atoms with Gasteiger partial charge in [-0.1, -0.05) is 0 Å². The van der Waals surface area contributed by atoms with Crippen LogP contribution in [-0.2, 0) is 4.79 Å². The van der Waals surface area contributed by atoms with Crippen LogP contribution in [0.4, 0.5) is 4.39 Å². The summed E-state index contributed by atoms with van der Waals surface area (Å²) in [7, 11) is 0. The van der Waals surface area contributed by atoms with Crippen LogP contribution in [0, 0.1) is 11.2 Å². The molecule has 2 aliphatic heterocycles. The van der Waals surface area contributed by atoms with Crippen LogP contribution in [0.1, 0.15) is 36.0 Å². The van der Waals surface area contributed by atoms with E-state index in [0.717, 1.165) is 19.3 Å². The fourth-order valence-electron chi connectivity index (χ4n) is 3.92. The molecule has 130 valence electrons. The topological polar surface area (TPSA) is 60.9 Å². The number of hydrogen-bond acceptors (Lipinski definition) is 3. The minimum absolute atomic E-state index is 0.0416. The number of rotatable bonds is 3. The first-order valence-electron chi connectivity index (χ1n) is 8.46. The maximum Gasteiger partial charge on any atom is 0.253 e. The van der Waals surface area contributed by atoms with Crippen molar-refractivity contribution in [2.45, 2.75) is 25.7 Å². The molecule has 0 aliphatic carbocycles. The molecular weight excluding hydrogens is 311 g/mol. The molecule has 0 aromatic heterocycles. The largest absolute Gasteiger partial charge is 0.395 e. The first-order valence-corrected chi connectivity index (χ1v) is 8.46. The maximum absolute atomic E-state index is 13.0. The molecule has 24 heavy (non-hydrogen) atoms. The molecule has 2 fully saturated rings. The molecule has 1 aromatic rings. The Labute approximate surface area is 141 Å². The van der Waals surface area contributed by atoms with Gasteiger partial charge >= 0.3 is 0 Å². The molecule has 3 rings (SSSR count). The standard InChI is InChI=1S/C18H23FN2O3/c19-15-4-2-14(3-5-15)17(24)21-9-1-7-18(13-21)8-6-16(23)20(12-18)10-11-22/h2-5,22H,1,6-13H2. The summed E-state index contributed by atoms with van der Waals surface area (Å²) in [5.74, 6) is -0.358. The molecule has 6 heteroatoms. The zero-order chi connectivity index (χ0) is 17.2. The van der Waals surface area contributed by atoms with Crippen molar-refractivity contribution in [1.29, 1.82) is 0 Å². The van der Waals surface area contributed by atoms with E-state index < -0.39 is 0 Å². The van der Waals surface area contributed by atoms with E-state index in [1.165, 1.54) is 24.3 Å². The van der Waals surface area contributed by atoms with E-state index in [0.29, 0.717) is 38.2 Å². The van der Waals surface area contributed by atoms with E-state index in [1.807, 2.05) is 4.90 Å². The molecule has 2 aliphatic rings. The molecular formula is C18H23FN2O3. The monoisotopic (exact) mass is 334 g/mol. The Morgan fingerprint density at radius 2 is 1.96 bits per heavy atom. The lowest BCUT2D eigenvalue weighted by molar-refractivity contribution is -0.139. The zero-order valence-electron chi connectivity index (χ0n) is 13.7. The SMILES string of the molecule is O=C1CCC2(CCCN(C(=O)c3ccc(F)cc3)C2)CN1CCO. The van der Waals surface area contributed by atoms with E-state index in [4.69, 9.17) is 5.11 Å². The zero-order valence-corrected chi connectivity index (χ0v) is 13.7. The molecule has 1 spiro atoms. The molecule has 0 bridgehead atoms. The second-order valence-corrected chi connectivity index (χ2v) is 6.88. The third-order valence-electron chi connectivity index (χ3n) is 5.16. The summed E-state index contributed by atoms with van der Waals surface area (Å²) < 4.78 is 13.0. The third kappa shape index (κ3) is 3.43. The van der Waals surface area contributed by atoms with E-state index >= 15 is 0 Å². The van der Waals surface area contributed by atoms with Crippen molar-refractivity contribution in [3.63, 3.8) is 0 Å². The molecule has 0 saturated carbocycles. The van der Waals surface area contributed by atoms with Crippen LogP contribution in [0.2, 0.25) is 0 Å². The first-order chi connectivity index (χ1) is 11.5. The smallest absolute Gasteiger partial charge is 0.253 e. The highest BCUT2D eigenvalue weighted by atomic mass is 19.1. The predicted molar refractivity (Wildman–Crippen MR) is 86.9 cm³/mol. The number of aliphatic hydroxyl groups is 1. The summed E-state index contributed by atoms with van der Waals surface area (Å²) in [5, 5.41) is 9.15. The van der Waals surface area contributed by atoms with Crippen LogP contribution in [-0.4, -0.2) is 59.5 Å². The Morgan fingerprint density at radius 3 is 2.67 bits per heavy atom. The van der Waals surface area contributed by atoms with E-state index in [2.05, 4.69) is 0 Å². The van der Waals surface area contributed by atoms with Gasteiger partial charge in [0.1, 0.15) is 5.82 Å². The van der Waals surface area contributed by atoms with E-state index in [9.17, 15) is 14.0 Å². The van der Waals surface area contributed by atoms with Gasteiger partial charge in [0.05, 0.1) is 6.61 Å². The highest BCUT2D eigenvalue weighted by Gasteiger charge is 2.42. The molecule has 2 saturated heterocycles. The molecule has 2 heterocycles. The van der Waals surface area contributed by atoms with Crippen LogP contribution in [0.5, 0.6) is 0 Å². The number of aliphatic hydroxyl groups excluding tert-OH is 1. The molecule has 1 N–H and O–H groups in total. The molecule has 1 unspecified atom stereocenters. The molecule has 1 aromatic carbocycles. The number of benzene rings is 1. The van der Waals surface area contributed by atoms with Gasteiger partial charge in [-0.25, -0.2) is 4.39 Å². The number of piperidine rings is 2. The second kappa shape index (κ2) is 6.89. The van der Waals surface area contributed by atoms with Crippen molar-refractivity contribution < 1.29 is 19.1 Å². The second-order valence-electron chi connectivity index (χ2n) is 6.88. The number of β-amino-alcohol motifs (C(OH)–C–C–N with tert-alkyl or cyclic N) is 1. The fraction of sp³-hybridized carbons (Fsp3) is 0.556. The summed E-state index contributed by atoms with van der Waals surface area (Å²) in [6.07, 6.45) is 3.13. The van der Waals surface area contributed by atoms with Crippen LogP contribution < -0.4 is 0 Å². The van der Waals surface area contributed by atoms with Crippen LogP contribution in [0.15, 0.2) is 24.3 Å². The quantitative estimate of drug-likeness (QED) is 0.915. The first kappa shape index (κ1) is 16.9. The molecule has 5 nitrogen and oxygen atoms in total. The minimum Gasteiger partial charge on any atom is -0.395 e. The highest BCUT2D eigenvalue weighted by molar-refractivity contribution is 5.94. The molecule has 0 radical (unpaired) electrons. The Balaban J connectivity index is 1.72. The van der Waals surface area contributed by atoms with Crippen molar-refractivity contribution in [2.75, 3.05) is 32.8 Å². The maximum atomic E-state index is 13.0. The number of hydrogen-bond donors (Lipinski definition) is 1. The van der Waals surface area contributed by atoms with Crippen molar-refractivity contribution in [2.24, 2.45) is 5.41 Å². The van der Waals surface area contributed by atoms with Crippen molar-refractivity contribution >= 4 is 11.8 Å². The molecule has 1 atom stereocenters. The number of halogens is 1. The lowest BCUT2D eigenvalue weighted by atomic mass is 9.73. The van der Waals surface area contributed by atoms with Crippen molar-refractivity contribution in [3.05, 3.63) is 35.6 Å². The lowest BCUT2D eigenvalue weighted by Gasteiger charge is -2.48. The van der Waals surface area contributed by atoms with Gasteiger partial charge < -0.3 is 14.9 Å². The lowest BCUT2D eigenvalue weighted by Crippen LogP contribution is -2.55. The third-order valence-corrected chi connectivity index (χ3v) is 5.16. The Hall–Kier alpha value is -1.95. The van der Waals surface area contributed by atoms with Crippen molar-refractivity contribution in [1.82, 2.24) is 9.80 Å². The summed E-state index contributed by atoms with van der Waals surface area (Å²) >= 11 is 0. The summed E-state index contributed by atoms with van der Waals surface area (Å²) in [5.41, 5.74) is 0.407. The van der Waals surface area contributed by atoms with Gasteiger partial charge in [0, 0.05) is 43.6 Å². The van der Waals surface area contributed by atoms with Gasteiger partial charge in [0.15, 0.2) is 0 Å². The number of carbonyl (C=O) groups is 2. The summed E-state index contributed by atoms with van der Waals surface area (Å²) in [4.78, 5) is 28.2. The van der Waals surface area contributed by atoms with Gasteiger partial charge in [-0.2, -0.15) is 0 Å². The van der Waals surface area contributed by atoms with Gasteiger partial charge in [0.25, 0.3) is 5.91 Å².